The van der Waals surface area contributed by atoms with Crippen molar-refractivity contribution >= 4 is 5.78 Å². The predicted molar refractivity (Wildman–Crippen MR) is 69.7 cm³/mol. The smallest absolute Gasteiger partial charge is 0.162 e. The molecule has 2 saturated carbocycles. The molecule has 94 valence electrons. The van der Waals surface area contributed by atoms with Crippen molar-refractivity contribution in [3.63, 3.8) is 0 Å². The summed E-state index contributed by atoms with van der Waals surface area (Å²) in [6.45, 7) is 9.57. The van der Waals surface area contributed by atoms with Gasteiger partial charge in [-0.25, -0.2) is 0 Å². The van der Waals surface area contributed by atoms with Crippen LogP contribution >= 0.6 is 0 Å². The van der Waals surface area contributed by atoms with Crippen LogP contribution in [-0.4, -0.2) is 5.78 Å². The number of hydrogen-bond acceptors (Lipinski definition) is 1. The van der Waals surface area contributed by atoms with Crippen molar-refractivity contribution in [1.29, 1.82) is 0 Å². The third kappa shape index (κ3) is 0.971. The van der Waals surface area contributed by atoms with Crippen molar-refractivity contribution in [3.8, 4) is 0 Å². The summed E-state index contributed by atoms with van der Waals surface area (Å²) >= 11 is 0. The van der Waals surface area contributed by atoms with Crippen LogP contribution in [0, 0.1) is 21.7 Å². The minimum Gasteiger partial charge on any atom is -0.294 e. The number of allylic oxidation sites excluding steroid dienone is 2. The zero-order chi connectivity index (χ0) is 12.5. The second-order valence-electron chi connectivity index (χ2n) is 7.61. The lowest BCUT2D eigenvalue weighted by molar-refractivity contribution is -0.152. The van der Waals surface area contributed by atoms with Crippen LogP contribution in [0.3, 0.4) is 0 Å². The average molecular weight is 232 g/mol. The molecule has 0 radical (unpaired) electrons. The molecule has 3 rings (SSSR count). The number of ketones is 1. The highest BCUT2D eigenvalue weighted by Crippen LogP contribution is 2.75. The quantitative estimate of drug-likeness (QED) is 0.614. The van der Waals surface area contributed by atoms with Gasteiger partial charge in [0.2, 0.25) is 0 Å². The van der Waals surface area contributed by atoms with E-state index in [4.69, 9.17) is 0 Å². The van der Waals surface area contributed by atoms with Crippen LogP contribution in [0.1, 0.15) is 59.8 Å². The standard InChI is InChI=1S/C16H24O/c1-13(2)10-11-15-7-5-8-16(15,14(13,3)4)9-6-12(15)17/h6,9H,5,7-8,10-11H2,1-4H3. The van der Waals surface area contributed by atoms with Crippen molar-refractivity contribution in [2.75, 3.05) is 0 Å². The van der Waals surface area contributed by atoms with Crippen molar-refractivity contribution in [2.45, 2.75) is 59.8 Å². The lowest BCUT2D eigenvalue weighted by Crippen LogP contribution is -2.57. The molecule has 0 aromatic carbocycles. The molecule has 0 bridgehead atoms. The van der Waals surface area contributed by atoms with Crippen LogP contribution in [0.4, 0.5) is 0 Å². The van der Waals surface area contributed by atoms with E-state index in [1.54, 1.807) is 0 Å². The van der Waals surface area contributed by atoms with E-state index in [9.17, 15) is 4.79 Å². The van der Waals surface area contributed by atoms with Gasteiger partial charge in [0.05, 0.1) is 0 Å². The molecule has 0 N–H and O–H groups in total. The Morgan fingerprint density at radius 1 is 1.00 bits per heavy atom. The summed E-state index contributed by atoms with van der Waals surface area (Å²) in [5.41, 5.74) is 0.679. The van der Waals surface area contributed by atoms with Crippen LogP contribution in [0.15, 0.2) is 12.2 Å². The maximum absolute atomic E-state index is 12.4. The first-order valence-electron chi connectivity index (χ1n) is 7.03. The van der Waals surface area contributed by atoms with Gasteiger partial charge in [-0.15, -0.1) is 0 Å². The largest absolute Gasteiger partial charge is 0.294 e. The molecule has 2 atom stereocenters. The SMILES string of the molecule is CC1(C)CCC23CCCC2(C=CC3=O)C1(C)C. The van der Waals surface area contributed by atoms with Crippen LogP contribution in [0.25, 0.3) is 0 Å². The predicted octanol–water partition coefficient (Wildman–Crippen LogP) is 4.13. The lowest BCUT2D eigenvalue weighted by atomic mass is 9.41. The average Bonchev–Trinajstić information content (AvgIpc) is 2.74. The number of carbonyl (C=O) groups is 1. The molecule has 3 aliphatic carbocycles. The molecule has 1 nitrogen and oxygen atoms in total. The zero-order valence-corrected chi connectivity index (χ0v) is 11.6. The zero-order valence-electron chi connectivity index (χ0n) is 11.6. The molecule has 0 amide bonds. The summed E-state index contributed by atoms with van der Waals surface area (Å²) in [5.74, 6) is 0.429. The highest BCUT2D eigenvalue weighted by atomic mass is 16.1. The first kappa shape index (κ1) is 11.5. The van der Waals surface area contributed by atoms with Gasteiger partial charge in [0.1, 0.15) is 0 Å². The summed E-state index contributed by atoms with van der Waals surface area (Å²) in [6.07, 6.45) is 10.1. The molecule has 0 aliphatic heterocycles. The van der Waals surface area contributed by atoms with Crippen molar-refractivity contribution in [2.24, 2.45) is 21.7 Å². The fraction of sp³-hybridized carbons (Fsp3) is 0.812. The van der Waals surface area contributed by atoms with Gasteiger partial charge in [-0.3, -0.25) is 4.79 Å². The van der Waals surface area contributed by atoms with Crippen LogP contribution < -0.4 is 0 Å². The number of carbonyl (C=O) groups excluding carboxylic acids is 1. The molecule has 3 aliphatic rings. The second-order valence-corrected chi connectivity index (χ2v) is 7.61. The van der Waals surface area contributed by atoms with E-state index in [0.717, 1.165) is 12.8 Å². The summed E-state index contributed by atoms with van der Waals surface area (Å²) in [7, 11) is 0. The van der Waals surface area contributed by atoms with Crippen molar-refractivity contribution < 1.29 is 4.79 Å². The van der Waals surface area contributed by atoms with Crippen LogP contribution in [0.5, 0.6) is 0 Å². The maximum Gasteiger partial charge on any atom is 0.162 e. The van der Waals surface area contributed by atoms with E-state index in [2.05, 4.69) is 33.8 Å². The molecular formula is C16H24O. The van der Waals surface area contributed by atoms with Crippen LogP contribution in [0.2, 0.25) is 0 Å². The molecule has 17 heavy (non-hydrogen) atoms. The van der Waals surface area contributed by atoms with Gasteiger partial charge < -0.3 is 0 Å². The Balaban J connectivity index is 2.22. The highest BCUT2D eigenvalue weighted by Gasteiger charge is 2.70. The van der Waals surface area contributed by atoms with Gasteiger partial charge in [-0.2, -0.15) is 0 Å². The van der Waals surface area contributed by atoms with E-state index in [1.807, 2.05) is 6.08 Å². The van der Waals surface area contributed by atoms with E-state index < -0.39 is 0 Å². The molecule has 0 aromatic rings. The Morgan fingerprint density at radius 2 is 1.71 bits per heavy atom. The van der Waals surface area contributed by atoms with Gasteiger partial charge in [0.15, 0.2) is 5.78 Å². The summed E-state index contributed by atoms with van der Waals surface area (Å²) in [6, 6.07) is 0. The Kier molecular flexibility index (Phi) is 1.94. The molecule has 2 unspecified atom stereocenters. The van der Waals surface area contributed by atoms with Gasteiger partial charge in [0, 0.05) is 10.8 Å². The Bertz CT molecular complexity index is 415. The fourth-order valence-corrected chi connectivity index (χ4v) is 5.13. The molecule has 0 saturated heterocycles. The molecule has 0 aromatic heterocycles. The summed E-state index contributed by atoms with van der Waals surface area (Å²) in [4.78, 5) is 12.4. The van der Waals surface area contributed by atoms with Gasteiger partial charge in [-0.1, -0.05) is 40.2 Å². The van der Waals surface area contributed by atoms with Crippen molar-refractivity contribution in [3.05, 3.63) is 12.2 Å². The van der Waals surface area contributed by atoms with Gasteiger partial charge in [-0.05, 0) is 42.6 Å². The first-order valence-corrected chi connectivity index (χ1v) is 7.03. The van der Waals surface area contributed by atoms with Crippen molar-refractivity contribution in [1.82, 2.24) is 0 Å². The minimum atomic E-state index is -0.0218. The number of rotatable bonds is 0. The Labute approximate surface area is 105 Å². The normalized spacial score (nSPS) is 45.8. The minimum absolute atomic E-state index is 0.0218. The monoisotopic (exact) mass is 232 g/mol. The van der Waals surface area contributed by atoms with Gasteiger partial charge >= 0.3 is 0 Å². The van der Waals surface area contributed by atoms with E-state index in [0.29, 0.717) is 11.2 Å². The van der Waals surface area contributed by atoms with Crippen LogP contribution in [-0.2, 0) is 4.79 Å². The summed E-state index contributed by atoms with van der Waals surface area (Å²) in [5, 5.41) is 0. The number of hydrogen-bond donors (Lipinski definition) is 0. The van der Waals surface area contributed by atoms with Gasteiger partial charge in [0.25, 0.3) is 0 Å². The topological polar surface area (TPSA) is 17.1 Å². The third-order valence-corrected chi connectivity index (χ3v) is 7.00. The Morgan fingerprint density at radius 3 is 2.41 bits per heavy atom. The fourth-order valence-electron chi connectivity index (χ4n) is 5.13. The van der Waals surface area contributed by atoms with E-state index >= 15 is 0 Å². The second kappa shape index (κ2) is 2.87. The third-order valence-electron chi connectivity index (χ3n) is 7.00. The lowest BCUT2D eigenvalue weighted by Gasteiger charge is -2.62. The molecule has 0 heterocycles. The maximum atomic E-state index is 12.4. The van der Waals surface area contributed by atoms with E-state index in [-0.39, 0.29) is 16.2 Å². The molecule has 1 heteroatoms. The first-order chi connectivity index (χ1) is 7.79. The summed E-state index contributed by atoms with van der Waals surface area (Å²) < 4.78 is 0. The molecule has 2 fully saturated rings. The molecular weight excluding hydrogens is 208 g/mol. The molecule has 0 spiro atoms. The highest BCUT2D eigenvalue weighted by molar-refractivity contribution is 5.99. The van der Waals surface area contributed by atoms with E-state index in [1.165, 1.54) is 19.3 Å². The Hall–Kier alpha value is -0.590.